The van der Waals surface area contributed by atoms with Crippen LogP contribution >= 0.6 is 11.6 Å². The molecule has 0 heterocycles. The summed E-state index contributed by atoms with van der Waals surface area (Å²) in [7, 11) is 0. The molecule has 0 nitrogen and oxygen atoms in total. The lowest BCUT2D eigenvalue weighted by atomic mass is 9.94. The van der Waals surface area contributed by atoms with Crippen molar-refractivity contribution in [2.24, 2.45) is 0 Å². The SMILES string of the molecule is Cc1c(C)c(F)c(-c2ccc(Cl)cc2)c(F)c1C. The van der Waals surface area contributed by atoms with Gasteiger partial charge >= 0.3 is 0 Å². The fourth-order valence-corrected chi connectivity index (χ4v) is 2.08. The Kier molecular flexibility index (Phi) is 3.40. The van der Waals surface area contributed by atoms with Gasteiger partial charge in [0.05, 0.1) is 5.56 Å². The van der Waals surface area contributed by atoms with E-state index in [1.165, 1.54) is 0 Å². The summed E-state index contributed by atoms with van der Waals surface area (Å²) in [5.41, 5.74) is 2.15. The molecule has 0 aliphatic rings. The molecular formula is C15H13ClF2. The van der Waals surface area contributed by atoms with E-state index in [9.17, 15) is 8.78 Å². The van der Waals surface area contributed by atoms with Crippen LogP contribution in [-0.4, -0.2) is 0 Å². The van der Waals surface area contributed by atoms with E-state index in [1.807, 2.05) is 0 Å². The smallest absolute Gasteiger partial charge is 0.137 e. The van der Waals surface area contributed by atoms with E-state index in [1.54, 1.807) is 45.0 Å². The van der Waals surface area contributed by atoms with Crippen LogP contribution in [0.15, 0.2) is 24.3 Å². The summed E-state index contributed by atoms with van der Waals surface area (Å²) in [5.74, 6) is -1.00. The minimum absolute atomic E-state index is 0.0206. The number of halogens is 3. The summed E-state index contributed by atoms with van der Waals surface area (Å²) in [6.45, 7) is 5.05. The maximum absolute atomic E-state index is 14.2. The van der Waals surface area contributed by atoms with Gasteiger partial charge in [-0.15, -0.1) is 0 Å². The molecule has 0 amide bonds. The molecule has 18 heavy (non-hydrogen) atoms. The molecule has 94 valence electrons. The van der Waals surface area contributed by atoms with Gasteiger partial charge in [-0.3, -0.25) is 0 Å². The van der Waals surface area contributed by atoms with Gasteiger partial charge in [-0.1, -0.05) is 23.7 Å². The van der Waals surface area contributed by atoms with Crippen LogP contribution in [0.5, 0.6) is 0 Å². The second kappa shape index (κ2) is 4.69. The van der Waals surface area contributed by atoms with Crippen LogP contribution in [0.4, 0.5) is 8.78 Å². The number of rotatable bonds is 1. The van der Waals surface area contributed by atoms with E-state index in [2.05, 4.69) is 0 Å². The lowest BCUT2D eigenvalue weighted by Gasteiger charge is -2.13. The number of hydrogen-bond acceptors (Lipinski definition) is 0. The molecule has 0 aliphatic heterocycles. The minimum atomic E-state index is -0.502. The van der Waals surface area contributed by atoms with Crippen LogP contribution in [-0.2, 0) is 0 Å². The molecule has 2 aromatic rings. The first-order chi connectivity index (χ1) is 8.43. The average molecular weight is 267 g/mol. The molecule has 0 radical (unpaired) electrons. The first kappa shape index (κ1) is 13.0. The van der Waals surface area contributed by atoms with Gasteiger partial charge in [-0.05, 0) is 55.2 Å². The molecule has 2 rings (SSSR count). The first-order valence-electron chi connectivity index (χ1n) is 5.64. The molecule has 0 aliphatic carbocycles. The van der Waals surface area contributed by atoms with Crippen molar-refractivity contribution in [1.29, 1.82) is 0 Å². The summed E-state index contributed by atoms with van der Waals surface area (Å²) in [6.07, 6.45) is 0. The molecule has 0 fully saturated rings. The Bertz CT molecular complexity index is 572. The third-order valence-electron chi connectivity index (χ3n) is 3.36. The van der Waals surface area contributed by atoms with E-state index in [0.29, 0.717) is 27.3 Å². The maximum atomic E-state index is 14.2. The van der Waals surface area contributed by atoms with Gasteiger partial charge in [0.2, 0.25) is 0 Å². The van der Waals surface area contributed by atoms with Crippen LogP contribution in [0.3, 0.4) is 0 Å². The van der Waals surface area contributed by atoms with Gasteiger partial charge in [0.15, 0.2) is 0 Å². The van der Waals surface area contributed by atoms with E-state index >= 15 is 0 Å². The fourth-order valence-electron chi connectivity index (χ4n) is 1.95. The topological polar surface area (TPSA) is 0 Å². The van der Waals surface area contributed by atoms with Crippen LogP contribution < -0.4 is 0 Å². The van der Waals surface area contributed by atoms with Crippen molar-refractivity contribution < 1.29 is 8.78 Å². The maximum Gasteiger partial charge on any atom is 0.137 e. The second-order valence-corrected chi connectivity index (χ2v) is 4.82. The molecule has 0 aromatic heterocycles. The summed E-state index contributed by atoms with van der Waals surface area (Å²) in [6, 6.07) is 6.50. The van der Waals surface area contributed by atoms with Crippen LogP contribution in [0.25, 0.3) is 11.1 Å². The third kappa shape index (κ3) is 2.01. The molecule has 0 atom stereocenters. The molecule has 2 aromatic carbocycles. The largest absolute Gasteiger partial charge is 0.206 e. The van der Waals surface area contributed by atoms with Crippen molar-refractivity contribution in [3.8, 4) is 11.1 Å². The van der Waals surface area contributed by atoms with Gasteiger partial charge < -0.3 is 0 Å². The fraction of sp³-hybridized carbons (Fsp3) is 0.200. The Morgan fingerprint density at radius 2 is 1.22 bits per heavy atom. The van der Waals surface area contributed by atoms with E-state index in [-0.39, 0.29) is 5.56 Å². The monoisotopic (exact) mass is 266 g/mol. The van der Waals surface area contributed by atoms with Crippen molar-refractivity contribution in [2.75, 3.05) is 0 Å². The Morgan fingerprint density at radius 1 is 0.778 bits per heavy atom. The molecular weight excluding hydrogens is 254 g/mol. The molecule has 0 saturated heterocycles. The third-order valence-corrected chi connectivity index (χ3v) is 3.61. The normalized spacial score (nSPS) is 10.8. The quantitative estimate of drug-likeness (QED) is 0.665. The second-order valence-electron chi connectivity index (χ2n) is 4.38. The zero-order valence-electron chi connectivity index (χ0n) is 10.4. The Balaban J connectivity index is 2.75. The Labute approximate surface area is 110 Å². The van der Waals surface area contributed by atoms with Crippen LogP contribution in [0, 0.1) is 32.4 Å². The van der Waals surface area contributed by atoms with Gasteiger partial charge in [0, 0.05) is 5.02 Å². The highest BCUT2D eigenvalue weighted by molar-refractivity contribution is 6.30. The van der Waals surface area contributed by atoms with E-state index in [0.717, 1.165) is 0 Å². The van der Waals surface area contributed by atoms with Crippen LogP contribution in [0.2, 0.25) is 5.02 Å². The number of hydrogen-bond donors (Lipinski definition) is 0. The summed E-state index contributed by atoms with van der Waals surface area (Å²) < 4.78 is 28.4. The van der Waals surface area contributed by atoms with Crippen molar-refractivity contribution in [1.82, 2.24) is 0 Å². The Morgan fingerprint density at radius 3 is 1.67 bits per heavy atom. The molecule has 0 bridgehead atoms. The predicted octanol–water partition coefficient (Wildman–Crippen LogP) is 5.21. The lowest BCUT2D eigenvalue weighted by Crippen LogP contribution is -2.01. The van der Waals surface area contributed by atoms with E-state index < -0.39 is 11.6 Å². The van der Waals surface area contributed by atoms with Gasteiger partial charge in [0.1, 0.15) is 11.6 Å². The predicted molar refractivity (Wildman–Crippen MR) is 71.0 cm³/mol. The summed E-state index contributed by atoms with van der Waals surface area (Å²) in [4.78, 5) is 0. The van der Waals surface area contributed by atoms with Crippen molar-refractivity contribution >= 4 is 11.6 Å². The molecule has 0 saturated carbocycles. The average Bonchev–Trinajstić information content (AvgIpc) is 2.36. The van der Waals surface area contributed by atoms with Gasteiger partial charge in [-0.2, -0.15) is 0 Å². The Hall–Kier alpha value is -1.41. The zero-order valence-corrected chi connectivity index (χ0v) is 11.2. The highest BCUT2D eigenvalue weighted by Gasteiger charge is 2.19. The minimum Gasteiger partial charge on any atom is -0.206 e. The molecule has 0 unspecified atom stereocenters. The van der Waals surface area contributed by atoms with Crippen molar-refractivity contribution in [2.45, 2.75) is 20.8 Å². The van der Waals surface area contributed by atoms with Crippen molar-refractivity contribution in [3.05, 3.63) is 57.6 Å². The molecule has 0 N–H and O–H groups in total. The van der Waals surface area contributed by atoms with E-state index in [4.69, 9.17) is 11.6 Å². The lowest BCUT2D eigenvalue weighted by molar-refractivity contribution is 0.575. The molecule has 0 spiro atoms. The number of benzene rings is 2. The standard InChI is InChI=1S/C15H13ClF2/c1-8-9(2)14(17)13(15(18)10(8)3)11-4-6-12(16)7-5-11/h4-7H,1-3H3. The first-order valence-corrected chi connectivity index (χ1v) is 6.02. The van der Waals surface area contributed by atoms with Gasteiger partial charge in [0.25, 0.3) is 0 Å². The highest BCUT2D eigenvalue weighted by Crippen LogP contribution is 2.33. The summed E-state index contributed by atoms with van der Waals surface area (Å²) >= 11 is 5.78. The van der Waals surface area contributed by atoms with Gasteiger partial charge in [-0.25, -0.2) is 8.78 Å². The van der Waals surface area contributed by atoms with Crippen LogP contribution in [0.1, 0.15) is 16.7 Å². The summed E-state index contributed by atoms with van der Waals surface area (Å²) in [5, 5.41) is 0.542. The zero-order chi connectivity index (χ0) is 13.4. The molecule has 3 heteroatoms. The van der Waals surface area contributed by atoms with Crippen molar-refractivity contribution in [3.63, 3.8) is 0 Å². The highest BCUT2D eigenvalue weighted by atomic mass is 35.5.